The second-order valence-electron chi connectivity index (χ2n) is 13.3. The molecule has 1 heterocycles. The first kappa shape index (κ1) is 28.9. The summed E-state index contributed by atoms with van der Waals surface area (Å²) in [5.74, 6) is 0.786. The molecule has 1 aliphatic heterocycles. The van der Waals surface area contributed by atoms with Crippen molar-refractivity contribution < 1.29 is 9.59 Å². The average molecular weight is 542 g/mol. The van der Waals surface area contributed by atoms with Crippen LogP contribution in [0.2, 0.25) is 5.82 Å². The molecule has 40 heavy (non-hydrogen) atoms. The number of carbonyl (C=O) groups is 2. The van der Waals surface area contributed by atoms with E-state index >= 15 is 0 Å². The summed E-state index contributed by atoms with van der Waals surface area (Å²) >= 11 is 0. The lowest BCUT2D eigenvalue weighted by molar-refractivity contribution is -0.128. The van der Waals surface area contributed by atoms with Gasteiger partial charge < -0.3 is 16.0 Å². The highest BCUT2D eigenvalue weighted by atomic mass is 16.2. The summed E-state index contributed by atoms with van der Waals surface area (Å²) in [6.07, 6.45) is 6.37. The molecule has 6 nitrogen and oxygen atoms in total. The smallest absolute Gasteiger partial charge is 0.238 e. The normalized spacial score (nSPS) is 22.4. The van der Waals surface area contributed by atoms with E-state index in [1.54, 1.807) is 7.05 Å². The third-order valence-corrected chi connectivity index (χ3v) is 9.10. The van der Waals surface area contributed by atoms with Crippen LogP contribution in [0.5, 0.6) is 0 Å². The largest absolute Gasteiger partial charge is 0.350 e. The summed E-state index contributed by atoms with van der Waals surface area (Å²) in [6, 6.07) is 14.7. The molecule has 3 aliphatic rings. The molecule has 0 bridgehead atoms. The fraction of sp³-hybridized carbons (Fsp3) is 0.576. The van der Waals surface area contributed by atoms with E-state index < -0.39 is 0 Å². The number of hydrogen-bond donors (Lipinski definition) is 3. The lowest BCUT2D eigenvalue weighted by Gasteiger charge is -2.42. The average Bonchev–Trinajstić information content (AvgIpc) is 3.75. The van der Waals surface area contributed by atoms with Gasteiger partial charge in [-0.3, -0.25) is 14.5 Å². The van der Waals surface area contributed by atoms with E-state index in [0.717, 1.165) is 19.3 Å². The summed E-state index contributed by atoms with van der Waals surface area (Å²) in [6.45, 7) is 9.68. The minimum Gasteiger partial charge on any atom is -0.350 e. The van der Waals surface area contributed by atoms with Crippen molar-refractivity contribution in [2.24, 2.45) is 5.41 Å². The van der Waals surface area contributed by atoms with Crippen molar-refractivity contribution in [1.29, 1.82) is 0 Å². The van der Waals surface area contributed by atoms with Gasteiger partial charge in [-0.2, -0.15) is 0 Å². The number of nitrogens with one attached hydrogen (secondary N) is 3. The predicted octanol–water partition coefficient (Wildman–Crippen LogP) is 3.66. The molecule has 5 rings (SSSR count). The first-order chi connectivity index (χ1) is 19.1. The first-order valence-electron chi connectivity index (χ1n) is 15.2. The lowest BCUT2D eigenvalue weighted by Crippen LogP contribution is -2.59. The van der Waals surface area contributed by atoms with E-state index in [1.165, 1.54) is 40.6 Å². The Morgan fingerprint density at radius 2 is 1.82 bits per heavy atom. The van der Waals surface area contributed by atoms with E-state index in [4.69, 9.17) is 0 Å². The van der Waals surface area contributed by atoms with Gasteiger partial charge in [0.1, 0.15) is 0 Å². The van der Waals surface area contributed by atoms with Crippen molar-refractivity contribution in [3.8, 4) is 0 Å². The van der Waals surface area contributed by atoms with Gasteiger partial charge in [0, 0.05) is 19.1 Å². The van der Waals surface area contributed by atoms with Crippen molar-refractivity contribution in [3.05, 3.63) is 64.7 Å². The van der Waals surface area contributed by atoms with Crippen LogP contribution in [-0.4, -0.2) is 55.7 Å². The molecule has 2 amide bonds. The van der Waals surface area contributed by atoms with Gasteiger partial charge in [0.2, 0.25) is 11.8 Å². The molecule has 0 spiro atoms. The molecular weight excluding hydrogens is 495 g/mol. The molecule has 1 fully saturated rings. The molecule has 1 unspecified atom stereocenters. The van der Waals surface area contributed by atoms with Crippen LogP contribution in [-0.2, 0) is 29.0 Å². The minimum absolute atomic E-state index is 0.0130. The van der Waals surface area contributed by atoms with Crippen molar-refractivity contribution in [3.63, 3.8) is 0 Å². The third-order valence-electron chi connectivity index (χ3n) is 9.10. The molecule has 0 aromatic heterocycles. The zero-order valence-corrected chi connectivity index (χ0v) is 24.9. The lowest BCUT2D eigenvalue weighted by atomic mass is 9.64. The third kappa shape index (κ3) is 6.80. The number of benzene rings is 2. The van der Waals surface area contributed by atoms with Crippen LogP contribution in [0.1, 0.15) is 81.7 Å². The Kier molecular flexibility index (Phi) is 8.72. The van der Waals surface area contributed by atoms with E-state index in [2.05, 4.69) is 91.4 Å². The molecule has 213 valence electrons. The van der Waals surface area contributed by atoms with Gasteiger partial charge in [-0.05, 0) is 67.3 Å². The molecule has 1 saturated carbocycles. The number of hydrogen-bond acceptors (Lipinski definition) is 4. The van der Waals surface area contributed by atoms with Crippen molar-refractivity contribution in [2.75, 3.05) is 13.6 Å². The molecule has 2 aromatic carbocycles. The maximum Gasteiger partial charge on any atom is 0.238 e. The number of rotatable bonds is 9. The fourth-order valence-corrected chi connectivity index (χ4v) is 6.12. The fourth-order valence-electron chi connectivity index (χ4n) is 6.12. The maximum absolute atomic E-state index is 14.1. The Morgan fingerprint density at radius 3 is 2.55 bits per heavy atom. The number of amides is 2. The Bertz CT molecular complexity index is 1220. The summed E-state index contributed by atoms with van der Waals surface area (Å²) in [4.78, 5) is 29.3. The van der Waals surface area contributed by atoms with E-state index in [0.29, 0.717) is 25.3 Å². The number of nitrogens with zero attached hydrogens (tertiary/aromatic N) is 1. The highest BCUT2D eigenvalue weighted by Gasteiger charge is 2.38. The van der Waals surface area contributed by atoms with Gasteiger partial charge >= 0.3 is 0 Å². The van der Waals surface area contributed by atoms with Gasteiger partial charge in [-0.25, -0.2) is 0 Å². The summed E-state index contributed by atoms with van der Waals surface area (Å²) in [5, 5.41) is 9.80. The quantitative estimate of drug-likeness (QED) is 0.424. The van der Waals surface area contributed by atoms with Crippen LogP contribution < -0.4 is 21.4 Å². The van der Waals surface area contributed by atoms with Gasteiger partial charge in [0.15, 0.2) is 7.28 Å². The zero-order chi connectivity index (χ0) is 28.4. The van der Waals surface area contributed by atoms with Crippen LogP contribution >= 0.6 is 0 Å². The SMILES string of the molecule is CN[C@@H](C)C(=O)N[C@H](CN1Cc2cc([B]C3CC3)ccc2CC1C(=O)N[C@@H]1CCCc2ccccc21)C(C)(C)C. The van der Waals surface area contributed by atoms with Crippen molar-refractivity contribution in [1.82, 2.24) is 20.9 Å². The number of fused-ring (bicyclic) bond motifs is 2. The molecule has 3 N–H and O–H groups in total. The molecule has 2 aromatic rings. The Morgan fingerprint density at radius 1 is 1.05 bits per heavy atom. The van der Waals surface area contributed by atoms with Crippen molar-refractivity contribution in [2.45, 2.75) is 103 Å². The summed E-state index contributed by atoms with van der Waals surface area (Å²) < 4.78 is 0. The zero-order valence-electron chi connectivity index (χ0n) is 24.9. The van der Waals surface area contributed by atoms with Gasteiger partial charge in [0.05, 0.1) is 18.1 Å². The van der Waals surface area contributed by atoms with Crippen molar-refractivity contribution >= 4 is 24.6 Å². The minimum atomic E-state index is -0.289. The topological polar surface area (TPSA) is 73.5 Å². The Labute approximate surface area is 241 Å². The van der Waals surface area contributed by atoms with E-state index in [1.807, 2.05) is 6.92 Å². The summed E-state index contributed by atoms with van der Waals surface area (Å²) in [7, 11) is 4.19. The summed E-state index contributed by atoms with van der Waals surface area (Å²) in [5.41, 5.74) is 6.27. The standard InChI is InChI=1S/C33H46BN4O2/c1-21(35-5)31(39)37-30(33(2,3)4)20-38-19-24-17-26(34-25-15-16-25)14-13-23(24)18-29(38)32(40)36-28-12-8-10-22-9-6-7-11-27(22)28/h6-7,9,11,13-14,17,21,25,28-30,35H,8,10,12,15-16,18-20H2,1-5H3,(H,36,40)(H,37,39)/t21-,28+,29?,30+/m0/s1. The predicted molar refractivity (Wildman–Crippen MR) is 163 cm³/mol. The molecule has 1 radical (unpaired) electrons. The molecule has 2 aliphatic carbocycles. The van der Waals surface area contributed by atoms with Gasteiger partial charge in [-0.15, -0.1) is 0 Å². The van der Waals surface area contributed by atoms with Crippen LogP contribution in [0, 0.1) is 5.41 Å². The number of likely N-dealkylation sites (N-methyl/N-ethyl adjacent to an activating group) is 1. The number of aryl methyl sites for hydroxylation is 1. The second kappa shape index (κ2) is 12.1. The van der Waals surface area contributed by atoms with Crippen LogP contribution in [0.15, 0.2) is 42.5 Å². The highest BCUT2D eigenvalue weighted by molar-refractivity contribution is 6.55. The van der Waals surface area contributed by atoms with E-state index in [-0.39, 0.29) is 41.4 Å². The monoisotopic (exact) mass is 541 g/mol. The molecule has 7 heteroatoms. The van der Waals surface area contributed by atoms with Crippen LogP contribution in [0.4, 0.5) is 0 Å². The first-order valence-corrected chi connectivity index (χ1v) is 15.2. The highest BCUT2D eigenvalue weighted by Crippen LogP contribution is 2.35. The molecule has 0 saturated heterocycles. The Balaban J connectivity index is 1.40. The van der Waals surface area contributed by atoms with Crippen LogP contribution in [0.25, 0.3) is 0 Å². The molecular formula is C33H46BN4O2. The van der Waals surface area contributed by atoms with E-state index in [9.17, 15) is 9.59 Å². The molecule has 4 atom stereocenters. The van der Waals surface area contributed by atoms with Crippen LogP contribution in [0.3, 0.4) is 0 Å². The Hall–Kier alpha value is -2.64. The van der Waals surface area contributed by atoms with Gasteiger partial charge in [-0.1, -0.05) is 87.4 Å². The second-order valence-corrected chi connectivity index (χ2v) is 13.3. The van der Waals surface area contributed by atoms with Gasteiger partial charge in [0.25, 0.3) is 0 Å². The maximum atomic E-state index is 14.1. The number of carbonyl (C=O) groups excluding carboxylic acids is 2.